The second-order valence-electron chi connectivity index (χ2n) is 8.93. The highest BCUT2D eigenvalue weighted by molar-refractivity contribution is 7.89. The van der Waals surface area contributed by atoms with Crippen molar-refractivity contribution in [1.29, 1.82) is 0 Å². The monoisotopic (exact) mass is 560 g/mol. The summed E-state index contributed by atoms with van der Waals surface area (Å²) in [5.41, 5.74) is -0.709. The smallest absolute Gasteiger partial charge is 0.244 e. The third-order valence-corrected chi connectivity index (χ3v) is 9.20. The van der Waals surface area contributed by atoms with Crippen molar-refractivity contribution < 1.29 is 22.7 Å². The van der Waals surface area contributed by atoms with Gasteiger partial charge in [-0.05, 0) is 55.3 Å². The maximum Gasteiger partial charge on any atom is 0.244 e. The molecule has 0 spiro atoms. The fourth-order valence-corrected chi connectivity index (χ4v) is 6.98. The number of sulfonamides is 1. The van der Waals surface area contributed by atoms with Crippen LogP contribution in [-0.2, 0) is 19.6 Å². The average molecular weight is 562 g/mol. The molecule has 11 heteroatoms. The molecule has 35 heavy (non-hydrogen) atoms. The van der Waals surface area contributed by atoms with E-state index in [0.717, 1.165) is 0 Å². The van der Waals surface area contributed by atoms with E-state index in [9.17, 15) is 13.2 Å². The van der Waals surface area contributed by atoms with Gasteiger partial charge in [0.05, 0.1) is 24.8 Å². The summed E-state index contributed by atoms with van der Waals surface area (Å²) in [6.07, 6.45) is 1.41. The Balaban J connectivity index is 1.59. The highest BCUT2D eigenvalue weighted by Crippen LogP contribution is 2.38. The highest BCUT2D eigenvalue weighted by atomic mass is 35.5. The van der Waals surface area contributed by atoms with Gasteiger partial charge in [-0.25, -0.2) is 8.42 Å². The lowest BCUT2D eigenvalue weighted by atomic mass is 9.78. The van der Waals surface area contributed by atoms with E-state index in [4.69, 9.17) is 44.3 Å². The molecule has 2 fully saturated rings. The van der Waals surface area contributed by atoms with Crippen LogP contribution in [0, 0.1) is 5.41 Å². The summed E-state index contributed by atoms with van der Waals surface area (Å²) in [5.74, 6) is 0.574. The van der Waals surface area contributed by atoms with Gasteiger partial charge in [0.1, 0.15) is 10.6 Å². The van der Waals surface area contributed by atoms with Gasteiger partial charge in [-0.3, -0.25) is 4.79 Å². The number of benzene rings is 2. The summed E-state index contributed by atoms with van der Waals surface area (Å²) >= 11 is 18.2. The molecule has 0 aromatic heterocycles. The summed E-state index contributed by atoms with van der Waals surface area (Å²) in [5, 5.41) is 1.01. The summed E-state index contributed by atoms with van der Waals surface area (Å²) in [6.45, 7) is 2.69. The lowest BCUT2D eigenvalue weighted by Crippen LogP contribution is -2.51. The van der Waals surface area contributed by atoms with E-state index in [0.29, 0.717) is 61.5 Å². The van der Waals surface area contributed by atoms with Gasteiger partial charge in [-0.2, -0.15) is 4.31 Å². The number of piperidine rings is 1. The first kappa shape index (κ1) is 26.5. The van der Waals surface area contributed by atoms with Gasteiger partial charge in [-0.1, -0.05) is 34.8 Å². The third kappa shape index (κ3) is 6.42. The van der Waals surface area contributed by atoms with E-state index < -0.39 is 15.4 Å². The number of halogens is 3. The Morgan fingerprint density at radius 1 is 1.00 bits per heavy atom. The molecule has 0 unspecified atom stereocenters. The SMILES string of the molecule is O=C(C[C@]1(COc2ccc(Cl)cc2)CCCN(S(=O)(=O)c2ccc(Cl)cc2Cl)C1)N1CCOCC1. The number of carbonyl (C=O) groups is 1. The van der Waals surface area contributed by atoms with Gasteiger partial charge in [0.2, 0.25) is 15.9 Å². The first-order valence-corrected chi connectivity index (χ1v) is 14.0. The van der Waals surface area contributed by atoms with E-state index in [1.165, 1.54) is 22.5 Å². The fraction of sp³-hybridized carbons (Fsp3) is 0.458. The lowest BCUT2D eigenvalue weighted by molar-refractivity contribution is -0.139. The molecule has 2 aromatic carbocycles. The molecule has 0 radical (unpaired) electrons. The molecule has 2 heterocycles. The van der Waals surface area contributed by atoms with Gasteiger partial charge in [0, 0.05) is 48.1 Å². The van der Waals surface area contributed by atoms with Crippen LogP contribution in [0.4, 0.5) is 0 Å². The van der Waals surface area contributed by atoms with Crippen molar-refractivity contribution in [3.63, 3.8) is 0 Å². The Bertz CT molecular complexity index is 1160. The maximum absolute atomic E-state index is 13.5. The predicted octanol–water partition coefficient (Wildman–Crippen LogP) is 4.75. The first-order valence-electron chi connectivity index (χ1n) is 11.4. The van der Waals surface area contributed by atoms with Crippen LogP contribution in [0.25, 0.3) is 0 Å². The molecular formula is C24H27Cl3N2O5S. The summed E-state index contributed by atoms with van der Waals surface area (Å²) in [7, 11) is -3.90. The molecule has 2 aliphatic heterocycles. The third-order valence-electron chi connectivity index (χ3n) is 6.39. The van der Waals surface area contributed by atoms with Gasteiger partial charge in [0.25, 0.3) is 0 Å². The molecule has 4 rings (SSSR count). The van der Waals surface area contributed by atoms with Crippen LogP contribution in [0.15, 0.2) is 47.4 Å². The van der Waals surface area contributed by atoms with Crippen molar-refractivity contribution in [3.05, 3.63) is 57.5 Å². The zero-order valence-corrected chi connectivity index (χ0v) is 22.2. The summed E-state index contributed by atoms with van der Waals surface area (Å²) in [6, 6.07) is 11.3. The average Bonchev–Trinajstić information content (AvgIpc) is 2.84. The van der Waals surface area contributed by atoms with Crippen LogP contribution >= 0.6 is 34.8 Å². The molecule has 1 amide bonds. The predicted molar refractivity (Wildman–Crippen MR) is 136 cm³/mol. The Kier molecular flexibility index (Phi) is 8.51. The van der Waals surface area contributed by atoms with Gasteiger partial charge in [-0.15, -0.1) is 0 Å². The fourth-order valence-electron chi connectivity index (χ4n) is 4.52. The Morgan fingerprint density at radius 2 is 1.69 bits per heavy atom. The quantitative estimate of drug-likeness (QED) is 0.488. The molecule has 0 bridgehead atoms. The normalized spacial score (nSPS) is 21.6. The van der Waals surface area contributed by atoms with Crippen molar-refractivity contribution in [1.82, 2.24) is 9.21 Å². The number of nitrogens with zero attached hydrogens (tertiary/aromatic N) is 2. The maximum atomic E-state index is 13.5. The van der Waals surface area contributed by atoms with Crippen LogP contribution in [0.2, 0.25) is 15.1 Å². The molecule has 0 saturated carbocycles. The Hall–Kier alpha value is -1.55. The molecule has 2 saturated heterocycles. The van der Waals surface area contributed by atoms with Gasteiger partial charge < -0.3 is 14.4 Å². The molecule has 2 aliphatic rings. The summed E-state index contributed by atoms with van der Waals surface area (Å²) in [4.78, 5) is 15.0. The first-order chi connectivity index (χ1) is 16.7. The van der Waals surface area contributed by atoms with Crippen molar-refractivity contribution in [3.8, 4) is 5.75 Å². The molecule has 190 valence electrons. The molecule has 1 atom stereocenters. The standard InChI is InChI=1S/C24H27Cl3N2O5S/c25-18-2-5-20(6-3-18)34-17-24(15-23(30)28-10-12-33-13-11-28)8-1-9-29(16-24)35(31,32)22-7-4-19(26)14-21(22)27/h2-7,14H,1,8-13,15-17H2/t24-/m1/s1. The minimum Gasteiger partial charge on any atom is -0.493 e. The minimum absolute atomic E-state index is 0.00232. The second kappa shape index (κ2) is 11.2. The van der Waals surface area contributed by atoms with Crippen LogP contribution in [0.1, 0.15) is 19.3 Å². The second-order valence-corrected chi connectivity index (χ2v) is 12.1. The number of amides is 1. The molecular weight excluding hydrogens is 535 g/mol. The van der Waals surface area contributed by atoms with Gasteiger partial charge >= 0.3 is 0 Å². The van der Waals surface area contributed by atoms with E-state index in [1.807, 2.05) is 0 Å². The Morgan fingerprint density at radius 3 is 2.37 bits per heavy atom. The van der Waals surface area contributed by atoms with Crippen LogP contribution in [0.5, 0.6) is 5.75 Å². The van der Waals surface area contributed by atoms with Crippen molar-refractivity contribution >= 4 is 50.7 Å². The zero-order valence-electron chi connectivity index (χ0n) is 19.1. The van der Waals surface area contributed by atoms with Crippen molar-refractivity contribution in [2.24, 2.45) is 5.41 Å². The number of rotatable bonds is 7. The lowest BCUT2D eigenvalue weighted by Gasteiger charge is -2.42. The van der Waals surface area contributed by atoms with Crippen molar-refractivity contribution in [2.45, 2.75) is 24.2 Å². The number of hydrogen-bond acceptors (Lipinski definition) is 5. The van der Waals surface area contributed by atoms with Crippen LogP contribution in [0.3, 0.4) is 0 Å². The number of morpholine rings is 1. The van der Waals surface area contributed by atoms with Gasteiger partial charge in [0.15, 0.2) is 0 Å². The van der Waals surface area contributed by atoms with E-state index in [2.05, 4.69) is 0 Å². The number of carbonyl (C=O) groups excluding carboxylic acids is 1. The number of ether oxygens (including phenoxy) is 2. The molecule has 0 aliphatic carbocycles. The van der Waals surface area contributed by atoms with E-state index in [-0.39, 0.29) is 35.4 Å². The topological polar surface area (TPSA) is 76.2 Å². The van der Waals surface area contributed by atoms with Crippen LogP contribution in [-0.4, -0.2) is 69.5 Å². The summed E-state index contributed by atoms with van der Waals surface area (Å²) < 4.78 is 39.9. The number of hydrogen-bond donors (Lipinski definition) is 0. The van der Waals surface area contributed by atoms with E-state index in [1.54, 1.807) is 29.2 Å². The van der Waals surface area contributed by atoms with Crippen molar-refractivity contribution in [2.75, 3.05) is 46.0 Å². The largest absolute Gasteiger partial charge is 0.493 e. The molecule has 0 N–H and O–H groups in total. The molecule has 7 nitrogen and oxygen atoms in total. The Labute approximate surface area is 220 Å². The zero-order chi connectivity index (χ0) is 25.1. The minimum atomic E-state index is -3.90. The highest BCUT2D eigenvalue weighted by Gasteiger charge is 2.43. The molecule has 2 aromatic rings. The van der Waals surface area contributed by atoms with Crippen LogP contribution < -0.4 is 4.74 Å². The van der Waals surface area contributed by atoms with E-state index >= 15 is 0 Å².